The first-order chi connectivity index (χ1) is 13.0. The molecule has 0 saturated heterocycles. The second-order valence-electron chi connectivity index (χ2n) is 7.15. The second kappa shape index (κ2) is 7.05. The van der Waals surface area contributed by atoms with E-state index in [0.717, 1.165) is 31.1 Å². The molecule has 1 aliphatic carbocycles. The number of anilines is 1. The van der Waals surface area contributed by atoms with Gasteiger partial charge in [0.25, 0.3) is 0 Å². The smallest absolute Gasteiger partial charge is 0.183 e. The lowest BCUT2D eigenvalue weighted by Gasteiger charge is -2.40. The van der Waals surface area contributed by atoms with E-state index in [1.165, 1.54) is 6.20 Å². The van der Waals surface area contributed by atoms with Crippen molar-refractivity contribution in [3.8, 4) is 11.4 Å². The fraction of sp³-hybridized carbons (Fsp3) is 0.421. The van der Waals surface area contributed by atoms with Crippen LogP contribution in [-0.4, -0.2) is 36.7 Å². The van der Waals surface area contributed by atoms with E-state index in [2.05, 4.69) is 25.3 Å². The van der Waals surface area contributed by atoms with E-state index in [9.17, 15) is 9.50 Å². The van der Waals surface area contributed by atoms with Crippen LogP contribution >= 0.6 is 11.6 Å². The molecule has 1 fully saturated rings. The highest BCUT2D eigenvalue weighted by atomic mass is 35.5. The molecule has 4 rings (SSSR count). The van der Waals surface area contributed by atoms with Gasteiger partial charge in [0.1, 0.15) is 5.65 Å². The first-order valence-electron chi connectivity index (χ1n) is 9.11. The van der Waals surface area contributed by atoms with Gasteiger partial charge in [0.05, 0.1) is 17.3 Å². The quantitative estimate of drug-likeness (QED) is 0.619. The zero-order valence-corrected chi connectivity index (χ0v) is 15.7. The van der Waals surface area contributed by atoms with E-state index < -0.39 is 5.82 Å². The van der Waals surface area contributed by atoms with Crippen molar-refractivity contribution in [2.75, 3.05) is 5.32 Å². The van der Waals surface area contributed by atoms with Crippen LogP contribution in [0.5, 0.6) is 0 Å². The van der Waals surface area contributed by atoms with Gasteiger partial charge in [-0.05, 0) is 38.2 Å². The number of aromatic amines is 1. The maximum absolute atomic E-state index is 14.5. The molecule has 0 aromatic carbocycles. The Morgan fingerprint density at radius 1 is 1.41 bits per heavy atom. The van der Waals surface area contributed by atoms with Crippen molar-refractivity contribution in [1.29, 1.82) is 0 Å². The highest BCUT2D eigenvalue weighted by Crippen LogP contribution is 2.35. The van der Waals surface area contributed by atoms with Crippen LogP contribution in [0.4, 0.5) is 10.2 Å². The molecule has 6 nitrogen and oxygen atoms in total. The summed E-state index contributed by atoms with van der Waals surface area (Å²) in [5.41, 5.74) is 1.00. The number of aliphatic hydroxyl groups is 1. The van der Waals surface area contributed by atoms with Crippen molar-refractivity contribution < 1.29 is 9.50 Å². The van der Waals surface area contributed by atoms with Crippen LogP contribution in [0.15, 0.2) is 24.7 Å². The van der Waals surface area contributed by atoms with Gasteiger partial charge < -0.3 is 15.4 Å². The minimum Gasteiger partial charge on any atom is -0.393 e. The first-order valence-corrected chi connectivity index (χ1v) is 9.49. The molecule has 0 bridgehead atoms. The zero-order chi connectivity index (χ0) is 19.0. The van der Waals surface area contributed by atoms with Crippen LogP contribution in [0.25, 0.3) is 22.4 Å². The predicted octanol–water partition coefficient (Wildman–Crippen LogP) is 4.31. The maximum atomic E-state index is 14.5. The molecule has 142 valence electrons. The lowest BCUT2D eigenvalue weighted by molar-refractivity contribution is 0.0928. The van der Waals surface area contributed by atoms with E-state index in [0.29, 0.717) is 28.5 Å². The van der Waals surface area contributed by atoms with Gasteiger partial charge in [0, 0.05) is 28.9 Å². The average Bonchev–Trinajstić information content (AvgIpc) is 3.06. The SMILES string of the molecule is CCC1(Nc2nc(-c3c[nH]c4ncc(Cl)cc34)ncc2F)CCCC(O)C1. The molecule has 3 N–H and O–H groups in total. The van der Waals surface area contributed by atoms with Crippen molar-refractivity contribution >= 4 is 28.5 Å². The molecule has 3 heterocycles. The Labute approximate surface area is 161 Å². The Morgan fingerprint density at radius 2 is 2.26 bits per heavy atom. The van der Waals surface area contributed by atoms with Crippen LogP contribution < -0.4 is 5.32 Å². The molecule has 3 aromatic rings. The van der Waals surface area contributed by atoms with E-state index in [1.54, 1.807) is 18.5 Å². The summed E-state index contributed by atoms with van der Waals surface area (Å²) in [5, 5.41) is 14.6. The van der Waals surface area contributed by atoms with Crippen molar-refractivity contribution in [3.05, 3.63) is 35.5 Å². The number of nitrogens with one attached hydrogen (secondary N) is 2. The van der Waals surface area contributed by atoms with Gasteiger partial charge in [-0.15, -0.1) is 0 Å². The van der Waals surface area contributed by atoms with E-state index >= 15 is 0 Å². The summed E-state index contributed by atoms with van der Waals surface area (Å²) < 4.78 is 14.5. The number of halogens is 2. The number of hydrogen-bond acceptors (Lipinski definition) is 5. The minimum absolute atomic E-state index is 0.153. The fourth-order valence-corrected chi connectivity index (χ4v) is 4.01. The molecule has 2 atom stereocenters. The summed E-state index contributed by atoms with van der Waals surface area (Å²) in [6, 6.07) is 1.78. The minimum atomic E-state index is -0.511. The van der Waals surface area contributed by atoms with E-state index in [1.807, 2.05) is 6.92 Å². The Morgan fingerprint density at radius 3 is 3.04 bits per heavy atom. The van der Waals surface area contributed by atoms with Gasteiger partial charge in [0.15, 0.2) is 17.5 Å². The van der Waals surface area contributed by atoms with Crippen molar-refractivity contribution in [3.63, 3.8) is 0 Å². The number of aromatic nitrogens is 4. The number of fused-ring (bicyclic) bond motifs is 1. The van der Waals surface area contributed by atoms with Crippen LogP contribution in [0.3, 0.4) is 0 Å². The van der Waals surface area contributed by atoms with Gasteiger partial charge in [-0.25, -0.2) is 19.3 Å². The van der Waals surface area contributed by atoms with Crippen LogP contribution in [0.1, 0.15) is 39.0 Å². The highest BCUT2D eigenvalue weighted by Gasteiger charge is 2.35. The molecule has 27 heavy (non-hydrogen) atoms. The summed E-state index contributed by atoms with van der Waals surface area (Å²) >= 11 is 6.06. The van der Waals surface area contributed by atoms with Crippen LogP contribution in [0.2, 0.25) is 5.02 Å². The summed E-state index contributed by atoms with van der Waals surface area (Å²) in [7, 11) is 0. The molecule has 1 aliphatic rings. The fourth-order valence-electron chi connectivity index (χ4n) is 3.85. The Bertz CT molecular complexity index is 978. The topological polar surface area (TPSA) is 86.7 Å². The van der Waals surface area contributed by atoms with Gasteiger partial charge in [0.2, 0.25) is 0 Å². The normalized spacial score (nSPS) is 22.9. The molecule has 8 heteroatoms. The molecule has 1 saturated carbocycles. The van der Waals surface area contributed by atoms with Crippen molar-refractivity contribution in [2.24, 2.45) is 0 Å². The lowest BCUT2D eigenvalue weighted by Crippen LogP contribution is -2.44. The van der Waals surface area contributed by atoms with E-state index in [4.69, 9.17) is 11.6 Å². The van der Waals surface area contributed by atoms with Gasteiger partial charge in [-0.1, -0.05) is 18.5 Å². The maximum Gasteiger partial charge on any atom is 0.183 e. The summed E-state index contributed by atoms with van der Waals surface area (Å²) in [6.07, 6.45) is 7.99. The predicted molar refractivity (Wildman–Crippen MR) is 103 cm³/mol. The molecule has 0 amide bonds. The molecule has 0 spiro atoms. The third-order valence-corrected chi connectivity index (χ3v) is 5.57. The molecule has 0 radical (unpaired) electrons. The molecular formula is C19H21ClFN5O. The average molecular weight is 390 g/mol. The van der Waals surface area contributed by atoms with Crippen molar-refractivity contribution in [2.45, 2.75) is 50.7 Å². The lowest BCUT2D eigenvalue weighted by atomic mass is 9.78. The number of hydrogen-bond donors (Lipinski definition) is 3. The number of rotatable bonds is 4. The van der Waals surface area contributed by atoms with E-state index in [-0.39, 0.29) is 17.5 Å². The molecule has 2 unspecified atom stereocenters. The number of pyridine rings is 1. The Kier molecular flexibility index (Phi) is 4.74. The summed E-state index contributed by atoms with van der Waals surface area (Å²) in [5.74, 6) is 0.0275. The Balaban J connectivity index is 1.72. The number of aliphatic hydroxyl groups excluding tert-OH is 1. The largest absolute Gasteiger partial charge is 0.393 e. The molecular weight excluding hydrogens is 369 g/mol. The van der Waals surface area contributed by atoms with Gasteiger partial charge in [-0.2, -0.15) is 0 Å². The van der Waals surface area contributed by atoms with Gasteiger partial charge in [-0.3, -0.25) is 0 Å². The number of H-pyrrole nitrogens is 1. The zero-order valence-electron chi connectivity index (χ0n) is 15.0. The highest BCUT2D eigenvalue weighted by molar-refractivity contribution is 6.31. The standard InChI is InChI=1S/C19H21ClFN5O/c1-2-19(5-3-4-12(27)7-19)26-18-15(21)10-24-17(25-18)14-9-23-16-13(14)6-11(20)8-22-16/h6,8-10,12,27H,2-5,7H2,1H3,(H,22,23)(H,24,25,26). The molecule has 0 aliphatic heterocycles. The first kappa shape index (κ1) is 18.1. The van der Waals surface area contributed by atoms with Crippen LogP contribution in [0, 0.1) is 5.82 Å². The second-order valence-corrected chi connectivity index (χ2v) is 7.59. The van der Waals surface area contributed by atoms with Crippen molar-refractivity contribution in [1.82, 2.24) is 19.9 Å². The third-order valence-electron chi connectivity index (χ3n) is 5.36. The molecule has 3 aromatic heterocycles. The summed E-state index contributed by atoms with van der Waals surface area (Å²) in [6.45, 7) is 2.04. The van der Waals surface area contributed by atoms with Gasteiger partial charge >= 0.3 is 0 Å². The van der Waals surface area contributed by atoms with Crippen LogP contribution in [-0.2, 0) is 0 Å². The number of nitrogens with zero attached hydrogens (tertiary/aromatic N) is 3. The monoisotopic (exact) mass is 389 g/mol. The third kappa shape index (κ3) is 3.49. The Hall–Kier alpha value is -2.25. The summed E-state index contributed by atoms with van der Waals surface area (Å²) in [4.78, 5) is 15.9.